The van der Waals surface area contributed by atoms with Gasteiger partial charge in [-0.1, -0.05) is 6.07 Å². The van der Waals surface area contributed by atoms with E-state index >= 15 is 0 Å². The first-order valence-corrected chi connectivity index (χ1v) is 8.01. The lowest BCUT2D eigenvalue weighted by atomic mass is 9.82. The third kappa shape index (κ3) is 4.28. The number of thiophene rings is 1. The summed E-state index contributed by atoms with van der Waals surface area (Å²) in [5.74, 6) is 0. The summed E-state index contributed by atoms with van der Waals surface area (Å²) in [6.07, 6.45) is 2.34. The lowest BCUT2D eigenvalue weighted by Crippen LogP contribution is -2.85. The van der Waals surface area contributed by atoms with Crippen molar-refractivity contribution in [3.8, 4) is 0 Å². The topological polar surface area (TPSA) is 46.1 Å². The first kappa shape index (κ1) is 15.0. The molecule has 0 bridgehead atoms. The Balaban J connectivity index is 1.78. The fourth-order valence-electron chi connectivity index (χ4n) is 2.93. The number of nitrogens with two attached hydrogens (primary N) is 1. The summed E-state index contributed by atoms with van der Waals surface area (Å²) in [4.78, 5) is 1.40. The highest BCUT2D eigenvalue weighted by atomic mass is 32.1. The minimum atomic E-state index is -0.548. The fourth-order valence-corrected chi connectivity index (χ4v) is 3.71. The Hall–Kier alpha value is -0.420. The van der Waals surface area contributed by atoms with Crippen LogP contribution in [0, 0.1) is 0 Å². The van der Waals surface area contributed by atoms with E-state index in [0.717, 1.165) is 25.8 Å². The summed E-state index contributed by atoms with van der Waals surface area (Å²) < 4.78 is 5.68. The third-order valence-electron chi connectivity index (χ3n) is 3.94. The van der Waals surface area contributed by atoms with E-state index in [2.05, 4.69) is 43.6 Å². The Morgan fingerprint density at radius 1 is 1.53 bits per heavy atom. The van der Waals surface area contributed by atoms with Gasteiger partial charge >= 0.3 is 0 Å². The van der Waals surface area contributed by atoms with Gasteiger partial charge < -0.3 is 15.2 Å². The molecule has 2 rings (SSSR count). The van der Waals surface area contributed by atoms with Crippen molar-refractivity contribution < 1.29 is 15.2 Å². The molecule has 3 N–H and O–H groups in total. The summed E-state index contributed by atoms with van der Waals surface area (Å²) >= 11 is 1.80. The lowest BCUT2D eigenvalue weighted by molar-refractivity contribution is -0.693. The van der Waals surface area contributed by atoms with Gasteiger partial charge in [-0.2, -0.15) is 0 Å². The summed E-state index contributed by atoms with van der Waals surface area (Å²) in [5.41, 5.74) is -0.736. The molecule has 0 aromatic carbocycles. The van der Waals surface area contributed by atoms with Gasteiger partial charge in [0.1, 0.15) is 6.04 Å². The molecule has 1 fully saturated rings. The van der Waals surface area contributed by atoms with Crippen molar-refractivity contribution in [2.24, 2.45) is 0 Å². The van der Waals surface area contributed by atoms with Gasteiger partial charge in [-0.25, -0.2) is 0 Å². The van der Waals surface area contributed by atoms with Crippen LogP contribution in [0.4, 0.5) is 0 Å². The van der Waals surface area contributed by atoms with Gasteiger partial charge in [-0.3, -0.25) is 0 Å². The van der Waals surface area contributed by atoms with Gasteiger partial charge in [0.05, 0.1) is 29.2 Å². The van der Waals surface area contributed by atoms with E-state index in [-0.39, 0.29) is 5.60 Å². The van der Waals surface area contributed by atoms with Gasteiger partial charge in [0.25, 0.3) is 0 Å². The van der Waals surface area contributed by atoms with Crippen molar-refractivity contribution in [3.05, 3.63) is 22.4 Å². The van der Waals surface area contributed by atoms with Crippen molar-refractivity contribution >= 4 is 11.3 Å². The summed E-state index contributed by atoms with van der Waals surface area (Å²) in [6.45, 7) is 7.99. The second-order valence-corrected chi connectivity index (χ2v) is 7.32. The van der Waals surface area contributed by atoms with Crippen LogP contribution in [0.3, 0.4) is 0 Å². The van der Waals surface area contributed by atoms with Crippen molar-refractivity contribution in [2.75, 3.05) is 13.2 Å². The molecule has 19 heavy (non-hydrogen) atoms. The summed E-state index contributed by atoms with van der Waals surface area (Å²) in [7, 11) is 0. The highest BCUT2D eigenvalue weighted by molar-refractivity contribution is 7.10. The van der Waals surface area contributed by atoms with Crippen molar-refractivity contribution in [1.29, 1.82) is 0 Å². The molecule has 2 atom stereocenters. The first-order chi connectivity index (χ1) is 8.90. The van der Waals surface area contributed by atoms with Crippen LogP contribution in [0.2, 0.25) is 0 Å². The van der Waals surface area contributed by atoms with Crippen molar-refractivity contribution in [1.82, 2.24) is 0 Å². The molecule has 0 aliphatic carbocycles. The van der Waals surface area contributed by atoms with Gasteiger partial charge in [0, 0.05) is 12.8 Å². The second-order valence-electron chi connectivity index (χ2n) is 6.34. The summed E-state index contributed by atoms with van der Waals surface area (Å²) in [5, 5.41) is 15.1. The molecule has 1 aromatic rings. The second kappa shape index (κ2) is 5.92. The average Bonchev–Trinajstić information content (AvgIpc) is 2.80. The van der Waals surface area contributed by atoms with Crippen LogP contribution in [0.15, 0.2) is 17.5 Å². The molecule has 0 saturated carbocycles. The Morgan fingerprint density at radius 3 is 2.95 bits per heavy atom. The van der Waals surface area contributed by atoms with E-state index in [1.165, 1.54) is 4.88 Å². The van der Waals surface area contributed by atoms with Gasteiger partial charge in [0.2, 0.25) is 0 Å². The van der Waals surface area contributed by atoms with Crippen LogP contribution < -0.4 is 5.32 Å². The van der Waals surface area contributed by atoms with E-state index in [0.29, 0.717) is 12.6 Å². The predicted octanol–water partition coefficient (Wildman–Crippen LogP) is 2.08. The quantitative estimate of drug-likeness (QED) is 0.869. The molecule has 1 aromatic heterocycles. The maximum absolute atomic E-state index is 10.7. The van der Waals surface area contributed by atoms with Crippen molar-refractivity contribution in [2.45, 2.75) is 57.3 Å². The molecule has 3 nitrogen and oxygen atoms in total. The lowest BCUT2D eigenvalue weighted by Gasteiger charge is -2.41. The molecular formula is C15H26NO2S+. The molecule has 0 radical (unpaired) electrons. The standard InChI is InChI=1S/C15H25NO2S/c1-12(13-5-4-10-19-13)16-8-6-15(17)7-9-18-14(2,3)11-15/h4-5,10,12,16-17H,6-9,11H2,1-3H3/p+1/t12-,15+/m1/s1. The van der Waals surface area contributed by atoms with E-state index in [4.69, 9.17) is 4.74 Å². The Bertz CT molecular complexity index is 391. The molecule has 2 heterocycles. The number of hydrogen-bond donors (Lipinski definition) is 2. The zero-order valence-corrected chi connectivity index (χ0v) is 13.0. The van der Waals surface area contributed by atoms with E-state index in [1.807, 2.05) is 0 Å². The van der Waals surface area contributed by atoms with E-state index in [1.54, 1.807) is 11.3 Å². The van der Waals surface area contributed by atoms with E-state index < -0.39 is 5.60 Å². The Morgan fingerprint density at radius 2 is 2.32 bits per heavy atom. The number of quaternary nitrogens is 1. The highest BCUT2D eigenvalue weighted by Gasteiger charge is 2.39. The third-order valence-corrected chi connectivity index (χ3v) is 5.01. The maximum atomic E-state index is 10.7. The zero-order chi connectivity index (χ0) is 13.9. The van der Waals surface area contributed by atoms with Crippen LogP contribution in [-0.4, -0.2) is 29.5 Å². The van der Waals surface area contributed by atoms with Crippen LogP contribution >= 0.6 is 11.3 Å². The minimum absolute atomic E-state index is 0.188. The molecule has 108 valence electrons. The van der Waals surface area contributed by atoms with Gasteiger partial charge in [-0.15, -0.1) is 11.3 Å². The van der Waals surface area contributed by atoms with E-state index in [9.17, 15) is 5.11 Å². The average molecular weight is 284 g/mol. The highest BCUT2D eigenvalue weighted by Crippen LogP contribution is 2.33. The first-order valence-electron chi connectivity index (χ1n) is 7.13. The molecule has 4 heteroatoms. The van der Waals surface area contributed by atoms with Crippen LogP contribution in [0.1, 0.15) is 51.0 Å². The molecule has 0 amide bonds. The normalized spacial score (nSPS) is 28.2. The van der Waals surface area contributed by atoms with Gasteiger partial charge in [0.15, 0.2) is 0 Å². The largest absolute Gasteiger partial charge is 0.389 e. The number of hydrogen-bond acceptors (Lipinski definition) is 3. The fraction of sp³-hybridized carbons (Fsp3) is 0.733. The Labute approximate surface area is 120 Å². The van der Waals surface area contributed by atoms with Crippen LogP contribution in [0.5, 0.6) is 0 Å². The molecular weight excluding hydrogens is 258 g/mol. The summed E-state index contributed by atoms with van der Waals surface area (Å²) in [6, 6.07) is 4.76. The zero-order valence-electron chi connectivity index (χ0n) is 12.2. The van der Waals surface area contributed by atoms with Crippen LogP contribution in [0.25, 0.3) is 0 Å². The molecule has 1 saturated heterocycles. The molecule has 1 aliphatic rings. The SMILES string of the molecule is C[C@@H]([NH2+]CC[C@]1(O)CCOC(C)(C)C1)c1cccs1. The van der Waals surface area contributed by atoms with Gasteiger partial charge in [-0.05, 0) is 38.6 Å². The number of rotatable bonds is 5. The molecule has 0 spiro atoms. The smallest absolute Gasteiger partial charge is 0.118 e. The van der Waals surface area contributed by atoms with Crippen LogP contribution in [-0.2, 0) is 4.74 Å². The number of ether oxygens (including phenoxy) is 1. The monoisotopic (exact) mass is 284 g/mol. The number of aliphatic hydroxyl groups is 1. The maximum Gasteiger partial charge on any atom is 0.118 e. The molecule has 0 unspecified atom stereocenters. The Kier molecular flexibility index (Phi) is 4.66. The van der Waals surface area contributed by atoms with Crippen molar-refractivity contribution in [3.63, 3.8) is 0 Å². The minimum Gasteiger partial charge on any atom is -0.389 e. The molecule has 1 aliphatic heterocycles. The predicted molar refractivity (Wildman–Crippen MR) is 78.4 cm³/mol.